The summed E-state index contributed by atoms with van der Waals surface area (Å²) in [6.07, 6.45) is 2.11. The van der Waals surface area contributed by atoms with Crippen molar-refractivity contribution in [2.75, 3.05) is 39.3 Å². The molecule has 1 saturated heterocycles. The Morgan fingerprint density at radius 1 is 1.10 bits per heavy atom. The van der Waals surface area contributed by atoms with Gasteiger partial charge in [-0.1, -0.05) is 35.5 Å². The number of nitrogens with one attached hydrogen (secondary N) is 1. The van der Waals surface area contributed by atoms with E-state index in [1.54, 1.807) is 0 Å². The first-order valence-electron chi connectivity index (χ1n) is 10.7. The predicted molar refractivity (Wildman–Crippen MR) is 115 cm³/mol. The second-order valence-corrected chi connectivity index (χ2v) is 8.06. The number of aryl methyl sites for hydroxylation is 2. The molecule has 3 rings (SSSR count). The number of hydrogen-bond donors (Lipinski definition) is 1. The van der Waals surface area contributed by atoms with Gasteiger partial charge < -0.3 is 14.7 Å². The molecule has 6 heteroatoms. The van der Waals surface area contributed by atoms with Gasteiger partial charge in [-0.2, -0.15) is 0 Å². The zero-order valence-corrected chi connectivity index (χ0v) is 18.0. The van der Waals surface area contributed by atoms with Gasteiger partial charge in [0.25, 0.3) is 0 Å². The minimum Gasteiger partial charge on any atom is -0.361 e. The van der Waals surface area contributed by atoms with Crippen molar-refractivity contribution in [3.8, 4) is 0 Å². The summed E-state index contributed by atoms with van der Waals surface area (Å²) < 4.78 is 5.18. The Balaban J connectivity index is 1.28. The smallest absolute Gasteiger partial charge is 0.227 e. The molecule has 1 atom stereocenters. The normalized spacial score (nSPS) is 16.7. The fraction of sp³-hybridized carbons (Fsp3) is 0.565. The average Bonchev–Trinajstić information content (AvgIpc) is 3.07. The molecular formula is C23H34N4O2. The Bertz CT molecular complexity index is 747. The third kappa shape index (κ3) is 6.15. The van der Waals surface area contributed by atoms with E-state index in [0.29, 0.717) is 0 Å². The van der Waals surface area contributed by atoms with Crippen molar-refractivity contribution in [2.45, 2.75) is 46.1 Å². The maximum absolute atomic E-state index is 12.4. The van der Waals surface area contributed by atoms with Gasteiger partial charge in [0, 0.05) is 44.8 Å². The largest absolute Gasteiger partial charge is 0.361 e. The number of benzene rings is 1. The van der Waals surface area contributed by atoms with Gasteiger partial charge in [0.1, 0.15) is 5.76 Å². The number of rotatable bonds is 9. The first-order valence-corrected chi connectivity index (χ1v) is 10.7. The molecule has 1 N–H and O–H groups in total. The zero-order valence-electron chi connectivity index (χ0n) is 18.0. The van der Waals surface area contributed by atoms with Crippen molar-refractivity contribution >= 4 is 5.91 Å². The van der Waals surface area contributed by atoms with Crippen LogP contribution in [0, 0.1) is 13.8 Å². The molecule has 1 unspecified atom stereocenters. The molecule has 0 saturated carbocycles. The number of carbonyl (C=O) groups is 1. The van der Waals surface area contributed by atoms with E-state index in [1.165, 1.54) is 5.56 Å². The molecule has 0 bridgehead atoms. The zero-order chi connectivity index (χ0) is 20.6. The van der Waals surface area contributed by atoms with Crippen molar-refractivity contribution in [1.29, 1.82) is 0 Å². The van der Waals surface area contributed by atoms with Gasteiger partial charge >= 0.3 is 0 Å². The minimum absolute atomic E-state index is 0.0499. The first-order chi connectivity index (χ1) is 14.0. The Morgan fingerprint density at radius 2 is 1.79 bits per heavy atom. The van der Waals surface area contributed by atoms with Crippen LogP contribution in [0.2, 0.25) is 0 Å². The molecule has 1 aliphatic rings. The average molecular weight is 399 g/mol. The van der Waals surface area contributed by atoms with Crippen LogP contribution in [0.5, 0.6) is 0 Å². The lowest BCUT2D eigenvalue weighted by Crippen LogP contribution is -2.46. The molecule has 1 aromatic carbocycles. The van der Waals surface area contributed by atoms with Gasteiger partial charge in [0.2, 0.25) is 5.91 Å². The second-order valence-electron chi connectivity index (χ2n) is 8.06. The highest BCUT2D eigenvalue weighted by molar-refractivity contribution is 5.83. The molecule has 0 spiro atoms. The molecule has 1 amide bonds. The lowest BCUT2D eigenvalue weighted by Gasteiger charge is -2.34. The van der Waals surface area contributed by atoms with Gasteiger partial charge in [0.15, 0.2) is 0 Å². The van der Waals surface area contributed by atoms with Crippen LogP contribution in [0.25, 0.3) is 0 Å². The van der Waals surface area contributed by atoms with Crippen LogP contribution in [0.15, 0.2) is 34.9 Å². The second kappa shape index (κ2) is 10.6. The van der Waals surface area contributed by atoms with Gasteiger partial charge in [-0.05, 0) is 45.7 Å². The molecule has 158 valence electrons. The molecular weight excluding hydrogens is 364 g/mol. The number of carbonyl (C=O) groups excluding carboxylic acids is 1. The van der Waals surface area contributed by atoms with Crippen molar-refractivity contribution in [2.24, 2.45) is 0 Å². The van der Waals surface area contributed by atoms with E-state index in [0.717, 1.165) is 75.7 Å². The maximum Gasteiger partial charge on any atom is 0.227 e. The summed E-state index contributed by atoms with van der Waals surface area (Å²) in [4.78, 5) is 17.5. The van der Waals surface area contributed by atoms with Crippen LogP contribution in [0.4, 0.5) is 0 Å². The Morgan fingerprint density at radius 3 is 2.45 bits per heavy atom. The number of aromatic nitrogens is 1. The summed E-state index contributed by atoms with van der Waals surface area (Å²) in [5.41, 5.74) is 3.11. The summed E-state index contributed by atoms with van der Waals surface area (Å²) in [6, 6.07) is 10.7. The summed E-state index contributed by atoms with van der Waals surface area (Å²) >= 11 is 0. The number of unbranched alkanes of at least 4 members (excludes halogenated alkanes) is 1. The molecule has 1 aromatic heterocycles. The quantitative estimate of drug-likeness (QED) is 0.658. The Hall–Kier alpha value is -2.18. The number of piperazine rings is 1. The Kier molecular flexibility index (Phi) is 7.83. The van der Waals surface area contributed by atoms with Crippen molar-refractivity contribution < 1.29 is 9.32 Å². The molecule has 2 aromatic rings. The summed E-state index contributed by atoms with van der Waals surface area (Å²) in [5, 5.41) is 7.01. The lowest BCUT2D eigenvalue weighted by molar-refractivity contribution is -0.122. The van der Waals surface area contributed by atoms with E-state index < -0.39 is 0 Å². The minimum atomic E-state index is -0.223. The lowest BCUT2D eigenvalue weighted by atomic mass is 9.99. The van der Waals surface area contributed by atoms with Crippen LogP contribution >= 0.6 is 0 Å². The van der Waals surface area contributed by atoms with E-state index in [1.807, 2.05) is 20.8 Å². The van der Waals surface area contributed by atoms with Gasteiger partial charge in [0.05, 0.1) is 11.6 Å². The van der Waals surface area contributed by atoms with Crippen molar-refractivity contribution in [3.63, 3.8) is 0 Å². The highest BCUT2D eigenvalue weighted by Gasteiger charge is 2.22. The monoisotopic (exact) mass is 398 g/mol. The molecule has 29 heavy (non-hydrogen) atoms. The number of nitrogens with zero attached hydrogens (tertiary/aromatic N) is 3. The standard InChI is InChI=1S/C23H34N4O2/c1-18(22-19(2)25-29-20(22)3)23(28)24-11-7-8-12-26-13-15-27(16-14-26)17-21-9-5-4-6-10-21/h4-6,9-10,18H,7-8,11-17H2,1-3H3,(H,24,28). The topological polar surface area (TPSA) is 61.6 Å². The molecule has 1 fully saturated rings. The van der Waals surface area contributed by atoms with Crippen LogP contribution in [-0.4, -0.2) is 60.1 Å². The van der Waals surface area contributed by atoms with Crippen LogP contribution in [0.1, 0.15) is 48.3 Å². The van der Waals surface area contributed by atoms with Crippen LogP contribution in [0.3, 0.4) is 0 Å². The SMILES string of the molecule is Cc1noc(C)c1C(C)C(=O)NCCCCN1CCN(Cc2ccccc2)CC1. The third-order valence-corrected chi connectivity index (χ3v) is 5.83. The fourth-order valence-electron chi connectivity index (χ4n) is 4.08. The molecule has 0 radical (unpaired) electrons. The summed E-state index contributed by atoms with van der Waals surface area (Å²) in [5.74, 6) is 0.560. The number of hydrogen-bond acceptors (Lipinski definition) is 5. The Labute approximate surface area is 174 Å². The van der Waals surface area contributed by atoms with Crippen molar-refractivity contribution in [3.05, 3.63) is 52.9 Å². The molecule has 0 aliphatic carbocycles. The van der Waals surface area contributed by atoms with Gasteiger partial charge in [-0.3, -0.25) is 9.69 Å². The molecule has 6 nitrogen and oxygen atoms in total. The third-order valence-electron chi connectivity index (χ3n) is 5.83. The fourth-order valence-corrected chi connectivity index (χ4v) is 4.08. The predicted octanol–water partition coefficient (Wildman–Crippen LogP) is 3.11. The van der Waals surface area contributed by atoms with Crippen molar-refractivity contribution in [1.82, 2.24) is 20.3 Å². The van der Waals surface area contributed by atoms with E-state index in [-0.39, 0.29) is 11.8 Å². The first kappa shape index (κ1) is 21.5. The number of amides is 1. The van der Waals surface area contributed by atoms with E-state index >= 15 is 0 Å². The van der Waals surface area contributed by atoms with E-state index in [2.05, 4.69) is 50.6 Å². The van der Waals surface area contributed by atoms with Crippen LogP contribution in [-0.2, 0) is 11.3 Å². The summed E-state index contributed by atoms with van der Waals surface area (Å²) in [6.45, 7) is 13.0. The molecule has 1 aliphatic heterocycles. The van der Waals surface area contributed by atoms with Gasteiger partial charge in [-0.25, -0.2) is 0 Å². The molecule has 2 heterocycles. The summed E-state index contributed by atoms with van der Waals surface area (Å²) in [7, 11) is 0. The van der Waals surface area contributed by atoms with E-state index in [9.17, 15) is 4.79 Å². The maximum atomic E-state index is 12.4. The van der Waals surface area contributed by atoms with Crippen LogP contribution < -0.4 is 5.32 Å². The van der Waals surface area contributed by atoms with E-state index in [4.69, 9.17) is 4.52 Å². The van der Waals surface area contributed by atoms with Gasteiger partial charge in [-0.15, -0.1) is 0 Å². The highest BCUT2D eigenvalue weighted by atomic mass is 16.5. The highest BCUT2D eigenvalue weighted by Crippen LogP contribution is 2.23.